The Balaban J connectivity index is 1.35. The Morgan fingerprint density at radius 3 is 2.63 bits per heavy atom. The maximum absolute atomic E-state index is 5.86. The smallest absolute Gasteiger partial charge is 0.193 e. The fourth-order valence-electron chi connectivity index (χ4n) is 4.12. The molecule has 0 aromatic heterocycles. The van der Waals surface area contributed by atoms with E-state index in [1.165, 1.54) is 6.42 Å². The Bertz CT molecular complexity index is 437. The summed E-state index contributed by atoms with van der Waals surface area (Å²) in [4.78, 5) is 9.85. The number of hydrogen-bond donors (Lipinski definition) is 1. The number of nitrogens with one attached hydrogen (secondary N) is 1. The second kappa shape index (κ2) is 11.8. The molecule has 1 N–H and O–H groups in total. The summed E-state index contributed by atoms with van der Waals surface area (Å²) in [6, 6.07) is 0.639. The first-order valence-electron chi connectivity index (χ1n) is 10.9. The second-order valence-electron chi connectivity index (χ2n) is 7.76. The Morgan fingerprint density at radius 2 is 1.85 bits per heavy atom. The quantitative estimate of drug-likeness (QED) is 0.387. The van der Waals surface area contributed by atoms with Crippen LogP contribution in [0.2, 0.25) is 0 Å². The SMILES string of the molecule is CCNC(=NCCCOCC1CCOCC1)N1CCC(N2CCOCC2)C1. The number of ether oxygens (including phenoxy) is 3. The van der Waals surface area contributed by atoms with E-state index >= 15 is 0 Å². The molecule has 0 saturated carbocycles. The van der Waals surface area contributed by atoms with E-state index in [1.807, 2.05) is 0 Å². The van der Waals surface area contributed by atoms with Gasteiger partial charge < -0.3 is 24.4 Å². The predicted octanol–water partition coefficient (Wildman–Crippen LogP) is 1.19. The van der Waals surface area contributed by atoms with Gasteiger partial charge in [-0.15, -0.1) is 0 Å². The highest BCUT2D eigenvalue weighted by Crippen LogP contribution is 2.17. The molecule has 7 heteroatoms. The van der Waals surface area contributed by atoms with Crippen LogP contribution in [-0.4, -0.2) is 101 Å². The maximum Gasteiger partial charge on any atom is 0.193 e. The first-order valence-corrected chi connectivity index (χ1v) is 10.9. The number of likely N-dealkylation sites (tertiary alicyclic amines) is 1. The molecule has 27 heavy (non-hydrogen) atoms. The van der Waals surface area contributed by atoms with E-state index in [0.29, 0.717) is 12.0 Å². The van der Waals surface area contributed by atoms with Gasteiger partial charge in [-0.25, -0.2) is 0 Å². The summed E-state index contributed by atoms with van der Waals surface area (Å²) >= 11 is 0. The van der Waals surface area contributed by atoms with Crippen molar-refractivity contribution in [3.63, 3.8) is 0 Å². The molecule has 3 heterocycles. The average molecular weight is 383 g/mol. The average Bonchev–Trinajstić information content (AvgIpc) is 3.21. The number of morpholine rings is 1. The van der Waals surface area contributed by atoms with Gasteiger partial charge in [0, 0.05) is 71.7 Å². The fourth-order valence-corrected chi connectivity index (χ4v) is 4.12. The minimum absolute atomic E-state index is 0.639. The zero-order valence-electron chi connectivity index (χ0n) is 17.0. The molecule has 1 atom stereocenters. The van der Waals surface area contributed by atoms with Crippen molar-refractivity contribution < 1.29 is 14.2 Å². The van der Waals surface area contributed by atoms with Gasteiger partial charge in [0.15, 0.2) is 5.96 Å². The maximum atomic E-state index is 5.86. The highest BCUT2D eigenvalue weighted by Gasteiger charge is 2.30. The second-order valence-corrected chi connectivity index (χ2v) is 7.76. The van der Waals surface area contributed by atoms with E-state index in [2.05, 4.69) is 22.0 Å². The molecule has 3 saturated heterocycles. The van der Waals surface area contributed by atoms with Crippen molar-refractivity contribution in [3.8, 4) is 0 Å². The fraction of sp³-hybridized carbons (Fsp3) is 0.950. The Kier molecular flexibility index (Phi) is 9.14. The molecular formula is C20H38N4O3. The van der Waals surface area contributed by atoms with Crippen molar-refractivity contribution >= 4 is 5.96 Å². The minimum atomic E-state index is 0.639. The van der Waals surface area contributed by atoms with Gasteiger partial charge in [-0.3, -0.25) is 9.89 Å². The predicted molar refractivity (Wildman–Crippen MR) is 107 cm³/mol. The highest BCUT2D eigenvalue weighted by atomic mass is 16.5. The minimum Gasteiger partial charge on any atom is -0.381 e. The Labute approximate surface area is 164 Å². The van der Waals surface area contributed by atoms with Crippen LogP contribution < -0.4 is 5.32 Å². The molecule has 7 nitrogen and oxygen atoms in total. The molecule has 0 spiro atoms. The van der Waals surface area contributed by atoms with Gasteiger partial charge >= 0.3 is 0 Å². The van der Waals surface area contributed by atoms with Gasteiger partial charge in [0.05, 0.1) is 13.2 Å². The standard InChI is InChI=1S/C20H38N4O3/c1-2-21-20(22-7-3-11-27-17-18-5-12-25-13-6-18)24-8-4-19(16-24)23-9-14-26-15-10-23/h18-19H,2-17H2,1H3,(H,21,22). The third-order valence-corrected chi connectivity index (χ3v) is 5.76. The number of hydrogen-bond acceptors (Lipinski definition) is 5. The lowest BCUT2D eigenvalue weighted by Crippen LogP contribution is -2.46. The van der Waals surface area contributed by atoms with Crippen molar-refractivity contribution in [3.05, 3.63) is 0 Å². The molecule has 0 radical (unpaired) electrons. The monoisotopic (exact) mass is 382 g/mol. The summed E-state index contributed by atoms with van der Waals surface area (Å²) in [6.45, 7) is 13.4. The molecular weight excluding hydrogens is 344 g/mol. The van der Waals surface area contributed by atoms with Crippen LogP contribution in [0.3, 0.4) is 0 Å². The van der Waals surface area contributed by atoms with E-state index in [1.54, 1.807) is 0 Å². The van der Waals surface area contributed by atoms with Gasteiger partial charge in [-0.2, -0.15) is 0 Å². The molecule has 3 fully saturated rings. The third kappa shape index (κ3) is 6.89. The van der Waals surface area contributed by atoms with Crippen molar-refractivity contribution in [1.29, 1.82) is 0 Å². The molecule has 0 aliphatic carbocycles. The van der Waals surface area contributed by atoms with Crippen LogP contribution >= 0.6 is 0 Å². The van der Waals surface area contributed by atoms with E-state index in [4.69, 9.17) is 19.2 Å². The van der Waals surface area contributed by atoms with Crippen molar-refractivity contribution in [1.82, 2.24) is 15.1 Å². The summed E-state index contributed by atoms with van der Waals surface area (Å²) in [5.74, 6) is 1.75. The van der Waals surface area contributed by atoms with Crippen LogP contribution in [0.5, 0.6) is 0 Å². The third-order valence-electron chi connectivity index (χ3n) is 5.76. The van der Waals surface area contributed by atoms with E-state index in [9.17, 15) is 0 Å². The first kappa shape index (κ1) is 20.8. The van der Waals surface area contributed by atoms with E-state index < -0.39 is 0 Å². The highest BCUT2D eigenvalue weighted by molar-refractivity contribution is 5.80. The lowest BCUT2D eigenvalue weighted by atomic mass is 10.0. The molecule has 1 unspecified atom stereocenters. The lowest BCUT2D eigenvalue weighted by molar-refractivity contribution is 0.0194. The van der Waals surface area contributed by atoms with Gasteiger partial charge in [-0.05, 0) is 38.5 Å². The Morgan fingerprint density at radius 1 is 1.07 bits per heavy atom. The number of aliphatic imine (C=N–C) groups is 1. The molecule has 0 bridgehead atoms. The van der Waals surface area contributed by atoms with Crippen molar-refractivity contribution in [2.24, 2.45) is 10.9 Å². The zero-order valence-corrected chi connectivity index (χ0v) is 17.0. The largest absolute Gasteiger partial charge is 0.381 e. The molecule has 0 amide bonds. The molecule has 3 aliphatic rings. The summed E-state index contributed by atoms with van der Waals surface area (Å²) in [6.07, 6.45) is 4.49. The summed E-state index contributed by atoms with van der Waals surface area (Å²) in [7, 11) is 0. The summed E-state index contributed by atoms with van der Waals surface area (Å²) < 4.78 is 16.7. The molecule has 0 aromatic carbocycles. The topological polar surface area (TPSA) is 58.6 Å². The normalized spacial score (nSPS) is 25.9. The van der Waals surface area contributed by atoms with Crippen LogP contribution in [0.25, 0.3) is 0 Å². The summed E-state index contributed by atoms with van der Waals surface area (Å²) in [5.41, 5.74) is 0. The molecule has 0 aromatic rings. The van der Waals surface area contributed by atoms with Crippen LogP contribution in [0.4, 0.5) is 0 Å². The number of nitrogens with zero attached hydrogens (tertiary/aromatic N) is 3. The van der Waals surface area contributed by atoms with Crippen LogP contribution in [0.15, 0.2) is 4.99 Å². The van der Waals surface area contributed by atoms with Crippen LogP contribution in [-0.2, 0) is 14.2 Å². The molecule has 3 aliphatic heterocycles. The lowest BCUT2D eigenvalue weighted by Gasteiger charge is -2.32. The summed E-state index contributed by atoms with van der Waals surface area (Å²) in [5, 5.41) is 3.47. The zero-order chi connectivity index (χ0) is 18.7. The van der Waals surface area contributed by atoms with Crippen LogP contribution in [0.1, 0.15) is 32.6 Å². The molecule has 3 rings (SSSR count). The van der Waals surface area contributed by atoms with Crippen molar-refractivity contribution in [2.45, 2.75) is 38.6 Å². The van der Waals surface area contributed by atoms with E-state index in [0.717, 1.165) is 104 Å². The van der Waals surface area contributed by atoms with Gasteiger partial charge in [0.2, 0.25) is 0 Å². The number of rotatable bonds is 8. The van der Waals surface area contributed by atoms with Gasteiger partial charge in [-0.1, -0.05) is 0 Å². The van der Waals surface area contributed by atoms with Gasteiger partial charge in [0.25, 0.3) is 0 Å². The van der Waals surface area contributed by atoms with E-state index in [-0.39, 0.29) is 0 Å². The Hall–Kier alpha value is -0.890. The number of guanidine groups is 1. The molecule has 156 valence electrons. The van der Waals surface area contributed by atoms with Gasteiger partial charge in [0.1, 0.15) is 0 Å². The first-order chi connectivity index (χ1) is 13.4. The van der Waals surface area contributed by atoms with Crippen molar-refractivity contribution in [2.75, 3.05) is 78.9 Å². The van der Waals surface area contributed by atoms with Crippen LogP contribution in [0, 0.1) is 5.92 Å².